The molecule has 0 bridgehead atoms. The molecule has 3 aromatic rings. The Hall–Kier alpha value is -1.80. The van der Waals surface area contributed by atoms with E-state index in [1.165, 1.54) is 56.5 Å². The molecule has 2 amide bonds. The first-order valence-electron chi connectivity index (χ1n) is 12.7. The van der Waals surface area contributed by atoms with Crippen molar-refractivity contribution in [3.63, 3.8) is 0 Å². The van der Waals surface area contributed by atoms with Crippen LogP contribution in [0.5, 0.6) is 0 Å². The van der Waals surface area contributed by atoms with Crippen molar-refractivity contribution in [3.05, 3.63) is 44.1 Å². The summed E-state index contributed by atoms with van der Waals surface area (Å²) in [6.45, 7) is 11.4. The quantitative estimate of drug-likeness (QED) is 0.177. The maximum Gasteiger partial charge on any atom is 0.277 e. The van der Waals surface area contributed by atoms with E-state index < -0.39 is 0 Å². The van der Waals surface area contributed by atoms with Crippen molar-refractivity contribution in [1.82, 2.24) is 10.4 Å². The van der Waals surface area contributed by atoms with E-state index in [2.05, 4.69) is 52.2 Å². The van der Waals surface area contributed by atoms with Gasteiger partial charge in [-0.2, -0.15) is 0 Å². The van der Waals surface area contributed by atoms with Crippen molar-refractivity contribution in [2.24, 2.45) is 0 Å². The zero-order valence-electron chi connectivity index (χ0n) is 21.3. The predicted octanol–water partition coefficient (Wildman–Crippen LogP) is 8.18. The van der Waals surface area contributed by atoms with Crippen LogP contribution in [0.4, 0.5) is 0 Å². The van der Waals surface area contributed by atoms with Crippen LogP contribution in [0, 0.1) is 6.92 Å². The molecular formula is C28H34N2O2S3. The first-order valence-corrected chi connectivity index (χ1v) is 15.2. The average Bonchev–Trinajstić information content (AvgIpc) is 3.55. The molecule has 1 aliphatic carbocycles. The molecule has 4 nitrogen and oxygen atoms in total. The molecule has 7 heteroatoms. The van der Waals surface area contributed by atoms with Crippen molar-refractivity contribution in [3.8, 4) is 19.5 Å². The smallest absolute Gasteiger partial charge is 0.267 e. The van der Waals surface area contributed by atoms with Crippen molar-refractivity contribution >= 4 is 45.8 Å². The lowest BCUT2D eigenvalue weighted by Crippen LogP contribution is -2.43. The molecule has 35 heavy (non-hydrogen) atoms. The minimum Gasteiger partial charge on any atom is -0.267 e. The standard InChI is InChI=1S/C28H34N2O2S3/c1-6-7-8-9-10-11-12-29-30-26(31)20-21(27(30)32)25(28(3,4)5)35-24(20)19-15-18-14-17-13-16(2)33-22(17)23(18)34-19/h13,15,29H,6-12,14H2,1-5H3. The topological polar surface area (TPSA) is 49.4 Å². The number of nitrogens with one attached hydrogen (secondary N) is 1. The summed E-state index contributed by atoms with van der Waals surface area (Å²) in [6.07, 6.45) is 8.01. The highest BCUT2D eigenvalue weighted by Crippen LogP contribution is 2.53. The molecule has 0 fully saturated rings. The molecule has 186 valence electrons. The van der Waals surface area contributed by atoms with Crippen LogP contribution >= 0.6 is 34.0 Å². The second-order valence-electron chi connectivity index (χ2n) is 10.7. The van der Waals surface area contributed by atoms with Crippen LogP contribution in [0.1, 0.15) is 108 Å². The summed E-state index contributed by atoms with van der Waals surface area (Å²) in [6, 6.07) is 4.55. The lowest BCUT2D eigenvalue weighted by atomic mass is 9.90. The van der Waals surface area contributed by atoms with Gasteiger partial charge in [-0.25, -0.2) is 10.4 Å². The van der Waals surface area contributed by atoms with E-state index in [0.717, 1.165) is 33.9 Å². The van der Waals surface area contributed by atoms with E-state index in [0.29, 0.717) is 17.7 Å². The summed E-state index contributed by atoms with van der Waals surface area (Å²) in [7, 11) is 0. The zero-order valence-corrected chi connectivity index (χ0v) is 23.7. The number of hydrazine groups is 1. The fourth-order valence-corrected chi connectivity index (χ4v) is 8.92. The second-order valence-corrected chi connectivity index (χ2v) is 14.1. The molecular weight excluding hydrogens is 493 g/mol. The van der Waals surface area contributed by atoms with Gasteiger partial charge in [0.15, 0.2) is 0 Å². The van der Waals surface area contributed by atoms with Crippen LogP contribution in [-0.4, -0.2) is 23.4 Å². The van der Waals surface area contributed by atoms with Gasteiger partial charge in [0.2, 0.25) is 0 Å². The van der Waals surface area contributed by atoms with E-state index >= 15 is 0 Å². The van der Waals surface area contributed by atoms with Gasteiger partial charge in [0, 0.05) is 37.4 Å². The van der Waals surface area contributed by atoms with Gasteiger partial charge in [0.05, 0.1) is 16.0 Å². The molecule has 0 saturated heterocycles. The first-order chi connectivity index (χ1) is 16.7. The Morgan fingerprint density at radius 1 is 0.857 bits per heavy atom. The number of carbonyl (C=O) groups is 2. The van der Waals surface area contributed by atoms with Crippen LogP contribution in [0.25, 0.3) is 19.5 Å². The fraction of sp³-hybridized carbons (Fsp3) is 0.500. The largest absolute Gasteiger partial charge is 0.277 e. The Morgan fingerprint density at radius 3 is 2.26 bits per heavy atom. The van der Waals surface area contributed by atoms with Crippen LogP contribution in [-0.2, 0) is 11.8 Å². The number of amides is 2. The number of hydrogen-bond donors (Lipinski definition) is 1. The van der Waals surface area contributed by atoms with Crippen LogP contribution in [0.2, 0.25) is 0 Å². The highest BCUT2D eigenvalue weighted by atomic mass is 32.1. The average molecular weight is 527 g/mol. The monoisotopic (exact) mass is 526 g/mol. The van der Waals surface area contributed by atoms with Crippen LogP contribution in [0.3, 0.4) is 0 Å². The molecule has 1 N–H and O–H groups in total. The van der Waals surface area contributed by atoms with Crippen molar-refractivity contribution in [2.45, 2.75) is 85.0 Å². The van der Waals surface area contributed by atoms with Gasteiger partial charge in [-0.05, 0) is 42.0 Å². The number of carbonyl (C=O) groups excluding carboxylic acids is 2. The van der Waals surface area contributed by atoms with E-state index in [1.54, 1.807) is 22.7 Å². The Balaban J connectivity index is 1.42. The van der Waals surface area contributed by atoms with Gasteiger partial charge >= 0.3 is 0 Å². The van der Waals surface area contributed by atoms with Gasteiger partial charge in [0.1, 0.15) is 0 Å². The minimum atomic E-state index is -0.212. The maximum atomic E-state index is 13.6. The molecule has 0 aromatic carbocycles. The van der Waals surface area contributed by atoms with Gasteiger partial charge in [-0.15, -0.1) is 34.0 Å². The SMILES string of the molecule is CCCCCCCCNN1C(=O)c2c(-c3cc4c(s3)-c3sc(C)cc3C4)sc(C(C)(C)C)c2C1=O. The maximum absolute atomic E-state index is 13.6. The van der Waals surface area contributed by atoms with Crippen molar-refractivity contribution in [2.75, 3.05) is 6.54 Å². The molecule has 0 spiro atoms. The molecule has 0 radical (unpaired) electrons. The second kappa shape index (κ2) is 9.58. The van der Waals surface area contributed by atoms with Crippen molar-refractivity contribution in [1.29, 1.82) is 0 Å². The number of thiophene rings is 3. The number of hydrogen-bond acceptors (Lipinski definition) is 6. The minimum absolute atomic E-state index is 0.191. The fourth-order valence-electron chi connectivity index (χ4n) is 5.06. The van der Waals surface area contributed by atoms with Gasteiger partial charge in [0.25, 0.3) is 11.8 Å². The van der Waals surface area contributed by atoms with E-state index in [-0.39, 0.29) is 17.2 Å². The molecule has 3 aromatic heterocycles. The predicted molar refractivity (Wildman–Crippen MR) is 149 cm³/mol. The lowest BCUT2D eigenvalue weighted by molar-refractivity contribution is 0.0565. The Bertz CT molecular complexity index is 1290. The molecule has 1 aliphatic heterocycles. The summed E-state index contributed by atoms with van der Waals surface area (Å²) in [5, 5.41) is 1.28. The molecule has 5 rings (SSSR count). The summed E-state index contributed by atoms with van der Waals surface area (Å²) in [5.41, 5.74) is 6.93. The Morgan fingerprint density at radius 2 is 1.51 bits per heavy atom. The molecule has 0 saturated carbocycles. The number of fused-ring (bicyclic) bond motifs is 4. The van der Waals surface area contributed by atoms with Crippen LogP contribution in [0.15, 0.2) is 12.1 Å². The number of nitrogens with zero attached hydrogens (tertiary/aromatic N) is 1. The van der Waals surface area contributed by atoms with Gasteiger partial charge in [-0.3, -0.25) is 9.59 Å². The summed E-state index contributed by atoms with van der Waals surface area (Å²) >= 11 is 5.26. The molecule has 0 atom stereocenters. The van der Waals surface area contributed by atoms with Crippen molar-refractivity contribution < 1.29 is 9.59 Å². The Kier molecular flexibility index (Phi) is 6.81. The molecule has 2 aliphatic rings. The molecule has 0 unspecified atom stereocenters. The highest BCUT2D eigenvalue weighted by molar-refractivity contribution is 7.27. The number of unbranched alkanes of at least 4 members (excludes halogenated alkanes) is 5. The summed E-state index contributed by atoms with van der Waals surface area (Å²) in [5.74, 6) is -0.386. The third-order valence-electron chi connectivity index (χ3n) is 6.78. The third kappa shape index (κ3) is 4.45. The summed E-state index contributed by atoms with van der Waals surface area (Å²) < 4.78 is 0. The zero-order chi connectivity index (χ0) is 24.9. The lowest BCUT2D eigenvalue weighted by Gasteiger charge is -2.20. The van der Waals surface area contributed by atoms with Gasteiger partial charge < -0.3 is 0 Å². The number of rotatable bonds is 9. The third-order valence-corrected chi connectivity index (χ3v) is 11.0. The highest BCUT2D eigenvalue weighted by Gasteiger charge is 2.44. The van der Waals surface area contributed by atoms with Crippen LogP contribution < -0.4 is 5.43 Å². The Labute approximate surface area is 220 Å². The number of imide groups is 1. The van der Waals surface area contributed by atoms with E-state index in [4.69, 9.17) is 0 Å². The van der Waals surface area contributed by atoms with Gasteiger partial charge in [-0.1, -0.05) is 59.8 Å². The summed E-state index contributed by atoms with van der Waals surface area (Å²) in [4.78, 5) is 34.2. The molecule has 4 heterocycles. The number of aryl methyl sites for hydroxylation is 1. The van der Waals surface area contributed by atoms with E-state index in [1.807, 2.05) is 11.3 Å². The normalized spacial score (nSPS) is 14.7. The first kappa shape index (κ1) is 24.9. The van der Waals surface area contributed by atoms with E-state index in [9.17, 15) is 9.59 Å².